The van der Waals surface area contributed by atoms with E-state index in [4.69, 9.17) is 9.84 Å². The number of hydrogen-bond donors (Lipinski definition) is 3. The fraction of sp³-hybridized carbons (Fsp3) is 0.933. The van der Waals surface area contributed by atoms with Crippen molar-refractivity contribution >= 4 is 6.09 Å². The van der Waals surface area contributed by atoms with E-state index in [1.54, 1.807) is 0 Å². The molecule has 0 radical (unpaired) electrons. The van der Waals surface area contributed by atoms with E-state index in [2.05, 4.69) is 10.6 Å². The monoisotopic (exact) mass is 286 g/mol. The molecule has 0 spiro atoms. The third kappa shape index (κ3) is 7.10. The van der Waals surface area contributed by atoms with Crippen molar-refractivity contribution in [1.82, 2.24) is 10.6 Å². The number of carbonyl (C=O) groups is 1. The maximum Gasteiger partial charge on any atom is 0.407 e. The van der Waals surface area contributed by atoms with Crippen molar-refractivity contribution in [1.29, 1.82) is 0 Å². The summed E-state index contributed by atoms with van der Waals surface area (Å²) in [5.74, 6) is 0.272. The average Bonchev–Trinajstić information content (AvgIpc) is 2.34. The summed E-state index contributed by atoms with van der Waals surface area (Å²) in [5.41, 5.74) is -0.451. The number of aliphatic hydroxyl groups excluding tert-OH is 1. The van der Waals surface area contributed by atoms with Crippen LogP contribution in [-0.2, 0) is 4.74 Å². The lowest BCUT2D eigenvalue weighted by Gasteiger charge is -2.31. The molecule has 1 saturated carbocycles. The molecule has 1 amide bonds. The predicted octanol–water partition coefficient (Wildman–Crippen LogP) is 2.04. The number of ether oxygens (including phenoxy) is 1. The van der Waals surface area contributed by atoms with Gasteiger partial charge in [0.1, 0.15) is 5.60 Å². The molecule has 5 nitrogen and oxygen atoms in total. The molecule has 0 heterocycles. The average molecular weight is 286 g/mol. The number of hydrogen-bond acceptors (Lipinski definition) is 4. The van der Waals surface area contributed by atoms with Crippen LogP contribution in [0.5, 0.6) is 0 Å². The van der Waals surface area contributed by atoms with E-state index in [0.29, 0.717) is 6.04 Å². The highest BCUT2D eigenvalue weighted by Gasteiger charge is 2.25. The molecular formula is C15H30N2O3. The molecule has 0 aromatic carbocycles. The minimum absolute atomic E-state index is 0.181. The van der Waals surface area contributed by atoms with Crippen molar-refractivity contribution in [3.63, 3.8) is 0 Å². The molecule has 5 heteroatoms. The fourth-order valence-electron chi connectivity index (χ4n) is 2.41. The first-order valence-corrected chi connectivity index (χ1v) is 7.64. The van der Waals surface area contributed by atoms with Crippen LogP contribution in [0.3, 0.4) is 0 Å². The molecule has 3 atom stereocenters. The summed E-state index contributed by atoms with van der Waals surface area (Å²) in [7, 11) is 0. The second-order valence-corrected chi connectivity index (χ2v) is 6.90. The van der Waals surface area contributed by atoms with Crippen molar-refractivity contribution in [3.8, 4) is 0 Å². The second kappa shape index (κ2) is 7.84. The highest BCUT2D eigenvalue weighted by Crippen LogP contribution is 2.19. The summed E-state index contributed by atoms with van der Waals surface area (Å²) in [6, 6.07) is 0.596. The van der Waals surface area contributed by atoms with Gasteiger partial charge >= 0.3 is 6.09 Å². The Morgan fingerprint density at radius 3 is 2.60 bits per heavy atom. The standard InChI is InChI=1S/C15H30N2O3/c1-11(10-18)9-16-12-6-5-7-13(8-12)17-14(19)20-15(2,3)4/h11-13,16,18H,5-10H2,1-4H3,(H,17,19). The summed E-state index contributed by atoms with van der Waals surface area (Å²) in [4.78, 5) is 11.8. The molecule has 1 fully saturated rings. The van der Waals surface area contributed by atoms with Crippen LogP contribution in [0.1, 0.15) is 53.4 Å². The Morgan fingerprint density at radius 2 is 2.00 bits per heavy atom. The Balaban J connectivity index is 2.31. The smallest absolute Gasteiger partial charge is 0.407 e. The highest BCUT2D eigenvalue weighted by molar-refractivity contribution is 5.68. The molecule has 0 saturated heterocycles. The Hall–Kier alpha value is -0.810. The van der Waals surface area contributed by atoms with Crippen molar-refractivity contribution in [2.24, 2.45) is 5.92 Å². The van der Waals surface area contributed by atoms with Gasteiger partial charge in [0.25, 0.3) is 0 Å². The number of nitrogens with one attached hydrogen (secondary N) is 2. The summed E-state index contributed by atoms with van der Waals surface area (Å²) >= 11 is 0. The van der Waals surface area contributed by atoms with E-state index in [1.807, 2.05) is 27.7 Å². The lowest BCUT2D eigenvalue weighted by atomic mass is 9.91. The zero-order valence-corrected chi connectivity index (χ0v) is 13.2. The highest BCUT2D eigenvalue weighted by atomic mass is 16.6. The molecule has 0 aromatic heterocycles. The summed E-state index contributed by atoms with van der Waals surface area (Å²) in [6.45, 7) is 8.65. The molecular weight excluding hydrogens is 256 g/mol. The maximum atomic E-state index is 11.8. The number of rotatable bonds is 5. The van der Waals surface area contributed by atoms with Gasteiger partial charge in [-0.3, -0.25) is 0 Å². The quantitative estimate of drug-likeness (QED) is 0.723. The van der Waals surface area contributed by atoms with Crippen LogP contribution >= 0.6 is 0 Å². The molecule has 3 N–H and O–H groups in total. The van der Waals surface area contributed by atoms with Crippen molar-refractivity contribution in [3.05, 3.63) is 0 Å². The van der Waals surface area contributed by atoms with Gasteiger partial charge < -0.3 is 20.5 Å². The van der Waals surface area contributed by atoms with Crippen LogP contribution in [0.2, 0.25) is 0 Å². The van der Waals surface area contributed by atoms with Gasteiger partial charge in [0.05, 0.1) is 0 Å². The van der Waals surface area contributed by atoms with Gasteiger partial charge in [-0.25, -0.2) is 4.79 Å². The van der Waals surface area contributed by atoms with Crippen LogP contribution in [-0.4, -0.2) is 42.0 Å². The normalized spacial score (nSPS) is 25.1. The number of aliphatic hydroxyl groups is 1. The zero-order valence-electron chi connectivity index (χ0n) is 13.2. The zero-order chi connectivity index (χ0) is 15.2. The molecule has 1 rings (SSSR count). The van der Waals surface area contributed by atoms with Gasteiger partial charge in [-0.1, -0.05) is 6.92 Å². The molecule has 0 aliphatic heterocycles. The van der Waals surface area contributed by atoms with Gasteiger partial charge in [-0.05, 0) is 52.4 Å². The third-order valence-electron chi connectivity index (χ3n) is 3.46. The van der Waals surface area contributed by atoms with Crippen molar-refractivity contribution < 1.29 is 14.6 Å². The van der Waals surface area contributed by atoms with Crippen molar-refractivity contribution in [2.45, 2.75) is 71.1 Å². The van der Waals surface area contributed by atoms with Crippen LogP contribution < -0.4 is 10.6 Å². The molecule has 0 aromatic rings. The fourth-order valence-corrected chi connectivity index (χ4v) is 2.41. The lowest BCUT2D eigenvalue weighted by molar-refractivity contribution is 0.0488. The molecule has 0 bridgehead atoms. The van der Waals surface area contributed by atoms with E-state index in [9.17, 15) is 4.79 Å². The minimum atomic E-state index is -0.451. The first-order chi connectivity index (χ1) is 9.30. The maximum absolute atomic E-state index is 11.8. The Labute approximate surface area is 122 Å². The topological polar surface area (TPSA) is 70.6 Å². The van der Waals surface area contributed by atoms with Crippen LogP contribution in [0.4, 0.5) is 4.79 Å². The summed E-state index contributed by atoms with van der Waals surface area (Å²) in [5, 5.41) is 15.5. The van der Waals surface area contributed by atoms with E-state index in [0.717, 1.165) is 32.2 Å². The summed E-state index contributed by atoms with van der Waals surface area (Å²) < 4.78 is 5.29. The molecule has 20 heavy (non-hydrogen) atoms. The predicted molar refractivity (Wildman–Crippen MR) is 79.7 cm³/mol. The first kappa shape index (κ1) is 17.2. The molecule has 1 aliphatic carbocycles. The summed E-state index contributed by atoms with van der Waals surface area (Å²) in [6.07, 6.45) is 3.84. The van der Waals surface area contributed by atoms with Gasteiger partial charge in [-0.15, -0.1) is 0 Å². The van der Waals surface area contributed by atoms with Gasteiger partial charge in [0, 0.05) is 25.2 Å². The van der Waals surface area contributed by atoms with E-state index in [1.165, 1.54) is 0 Å². The van der Waals surface area contributed by atoms with Crippen LogP contribution in [0.15, 0.2) is 0 Å². The molecule has 3 unspecified atom stereocenters. The van der Waals surface area contributed by atoms with Gasteiger partial charge in [-0.2, -0.15) is 0 Å². The largest absolute Gasteiger partial charge is 0.444 e. The Bertz CT molecular complexity index is 302. The van der Waals surface area contributed by atoms with E-state index in [-0.39, 0.29) is 24.7 Å². The SMILES string of the molecule is CC(CO)CNC1CCCC(NC(=O)OC(C)(C)C)C1. The number of amides is 1. The minimum Gasteiger partial charge on any atom is -0.444 e. The Morgan fingerprint density at radius 1 is 1.35 bits per heavy atom. The number of carbonyl (C=O) groups excluding carboxylic acids is 1. The van der Waals surface area contributed by atoms with Crippen LogP contribution in [0, 0.1) is 5.92 Å². The first-order valence-electron chi connectivity index (χ1n) is 7.64. The lowest BCUT2D eigenvalue weighted by Crippen LogP contribution is -2.46. The second-order valence-electron chi connectivity index (χ2n) is 6.90. The molecule has 118 valence electrons. The Kier molecular flexibility index (Phi) is 6.76. The molecule has 1 aliphatic rings. The van der Waals surface area contributed by atoms with Gasteiger partial charge in [0.2, 0.25) is 0 Å². The van der Waals surface area contributed by atoms with Crippen molar-refractivity contribution in [2.75, 3.05) is 13.2 Å². The third-order valence-corrected chi connectivity index (χ3v) is 3.46. The van der Waals surface area contributed by atoms with Gasteiger partial charge in [0.15, 0.2) is 0 Å². The van der Waals surface area contributed by atoms with E-state index < -0.39 is 5.60 Å². The number of alkyl carbamates (subject to hydrolysis) is 1. The van der Waals surface area contributed by atoms with Crippen LogP contribution in [0.25, 0.3) is 0 Å². The van der Waals surface area contributed by atoms with E-state index >= 15 is 0 Å².